The van der Waals surface area contributed by atoms with E-state index in [1.807, 2.05) is 18.2 Å². The van der Waals surface area contributed by atoms with Crippen molar-refractivity contribution in [2.45, 2.75) is 13.5 Å². The molecule has 1 unspecified atom stereocenters. The van der Waals surface area contributed by atoms with Gasteiger partial charge in [-0.05, 0) is 39.5 Å². The maximum Gasteiger partial charge on any atom is 0.306 e. The Bertz CT molecular complexity index is 460. The number of carboxylic acids is 1. The minimum Gasteiger partial charge on any atom is -0.481 e. The lowest BCUT2D eigenvalue weighted by Crippen LogP contribution is -2.50. The fourth-order valence-electron chi connectivity index (χ4n) is 2.15. The summed E-state index contributed by atoms with van der Waals surface area (Å²) in [6.45, 7) is 4.30. The van der Waals surface area contributed by atoms with Crippen LogP contribution in [0.1, 0.15) is 12.5 Å². The van der Waals surface area contributed by atoms with Gasteiger partial charge in [-0.1, -0.05) is 24.6 Å². The Labute approximate surface area is 120 Å². The van der Waals surface area contributed by atoms with Crippen LogP contribution in [0.25, 0.3) is 0 Å². The fourth-order valence-corrected chi connectivity index (χ4v) is 2.60. The summed E-state index contributed by atoms with van der Waals surface area (Å²) in [5.41, 5.74) is 1.16. The molecule has 1 atom stereocenters. The van der Waals surface area contributed by atoms with Crippen molar-refractivity contribution in [1.82, 2.24) is 4.90 Å². The van der Waals surface area contributed by atoms with Crippen LogP contribution in [0.4, 0.5) is 0 Å². The zero-order chi connectivity index (χ0) is 13.3. The van der Waals surface area contributed by atoms with Gasteiger partial charge in [0.15, 0.2) is 0 Å². The molecular formula is C13H15BrClNO2. The molecule has 0 aliphatic carbocycles. The molecule has 0 saturated carbocycles. The highest BCUT2D eigenvalue weighted by atomic mass is 79.9. The van der Waals surface area contributed by atoms with Crippen LogP contribution in [0.15, 0.2) is 22.7 Å². The second kappa shape index (κ2) is 5.59. The van der Waals surface area contributed by atoms with Crippen LogP contribution in [0.2, 0.25) is 5.02 Å². The van der Waals surface area contributed by atoms with Gasteiger partial charge in [-0.25, -0.2) is 0 Å². The van der Waals surface area contributed by atoms with Crippen LogP contribution in [0.5, 0.6) is 0 Å². The number of rotatable bonds is 4. The SMILES string of the molecule is CC(C(=O)O)C1CN(Cc2ccc(Br)c(Cl)c2)C1. The van der Waals surface area contributed by atoms with E-state index in [2.05, 4.69) is 20.8 Å². The van der Waals surface area contributed by atoms with E-state index in [-0.39, 0.29) is 11.8 Å². The molecule has 1 aliphatic heterocycles. The summed E-state index contributed by atoms with van der Waals surface area (Å²) in [5, 5.41) is 9.63. The minimum absolute atomic E-state index is 0.255. The molecule has 1 saturated heterocycles. The smallest absolute Gasteiger partial charge is 0.306 e. The largest absolute Gasteiger partial charge is 0.481 e. The first-order valence-electron chi connectivity index (χ1n) is 5.86. The molecule has 5 heteroatoms. The first kappa shape index (κ1) is 13.8. The number of halogens is 2. The van der Waals surface area contributed by atoms with Crippen LogP contribution in [-0.4, -0.2) is 29.1 Å². The zero-order valence-electron chi connectivity index (χ0n) is 10.1. The highest BCUT2D eigenvalue weighted by Gasteiger charge is 2.34. The van der Waals surface area contributed by atoms with E-state index in [0.717, 1.165) is 29.7 Å². The summed E-state index contributed by atoms with van der Waals surface area (Å²) in [6.07, 6.45) is 0. The first-order chi connectivity index (χ1) is 8.47. The number of nitrogens with zero attached hydrogens (tertiary/aromatic N) is 1. The molecule has 1 aliphatic rings. The van der Waals surface area contributed by atoms with Crippen LogP contribution in [0, 0.1) is 11.8 Å². The van der Waals surface area contributed by atoms with Gasteiger partial charge in [0.05, 0.1) is 10.9 Å². The normalized spacial score (nSPS) is 18.4. The number of aliphatic carboxylic acids is 1. The molecule has 1 heterocycles. The molecule has 0 bridgehead atoms. The van der Waals surface area contributed by atoms with E-state index >= 15 is 0 Å². The average molecular weight is 333 g/mol. The zero-order valence-corrected chi connectivity index (χ0v) is 12.4. The molecule has 1 aromatic carbocycles. The molecule has 98 valence electrons. The number of hydrogen-bond donors (Lipinski definition) is 1. The minimum atomic E-state index is -0.702. The summed E-state index contributed by atoms with van der Waals surface area (Å²) in [5.74, 6) is -0.686. The van der Waals surface area contributed by atoms with E-state index in [0.29, 0.717) is 5.02 Å². The van der Waals surface area contributed by atoms with Gasteiger partial charge in [-0.3, -0.25) is 9.69 Å². The third-order valence-corrected chi connectivity index (χ3v) is 4.70. The Morgan fingerprint density at radius 3 is 2.83 bits per heavy atom. The maximum absolute atomic E-state index is 10.8. The Kier molecular flexibility index (Phi) is 4.30. The van der Waals surface area contributed by atoms with Gasteiger partial charge in [0.25, 0.3) is 0 Å². The lowest BCUT2D eigenvalue weighted by atomic mass is 9.87. The molecule has 2 rings (SSSR count). The number of likely N-dealkylation sites (tertiary alicyclic amines) is 1. The Morgan fingerprint density at radius 1 is 1.61 bits per heavy atom. The van der Waals surface area contributed by atoms with Crippen molar-refractivity contribution >= 4 is 33.5 Å². The van der Waals surface area contributed by atoms with Crippen LogP contribution >= 0.6 is 27.5 Å². The molecule has 0 aromatic heterocycles. The highest BCUT2D eigenvalue weighted by molar-refractivity contribution is 9.10. The predicted octanol–water partition coefficient (Wildman–Crippen LogP) is 3.26. The molecule has 0 spiro atoms. The van der Waals surface area contributed by atoms with Gasteiger partial charge < -0.3 is 5.11 Å². The Balaban J connectivity index is 1.86. The molecule has 1 N–H and O–H groups in total. The van der Waals surface area contributed by atoms with E-state index in [1.165, 1.54) is 0 Å². The molecule has 3 nitrogen and oxygen atoms in total. The quantitative estimate of drug-likeness (QED) is 0.920. The summed E-state index contributed by atoms with van der Waals surface area (Å²) < 4.78 is 0.897. The van der Waals surface area contributed by atoms with E-state index in [9.17, 15) is 4.79 Å². The molecule has 18 heavy (non-hydrogen) atoms. The molecule has 1 fully saturated rings. The van der Waals surface area contributed by atoms with Gasteiger partial charge in [-0.15, -0.1) is 0 Å². The van der Waals surface area contributed by atoms with Crippen molar-refractivity contribution < 1.29 is 9.90 Å². The summed E-state index contributed by atoms with van der Waals surface area (Å²) in [4.78, 5) is 13.1. The molecule has 0 radical (unpaired) electrons. The van der Waals surface area contributed by atoms with Crippen molar-refractivity contribution in [3.63, 3.8) is 0 Å². The Hall–Kier alpha value is -0.580. The predicted molar refractivity (Wildman–Crippen MR) is 74.7 cm³/mol. The van der Waals surface area contributed by atoms with Crippen LogP contribution in [-0.2, 0) is 11.3 Å². The van der Waals surface area contributed by atoms with Gasteiger partial charge in [0.1, 0.15) is 0 Å². The first-order valence-corrected chi connectivity index (χ1v) is 7.03. The second-order valence-corrected chi connectivity index (χ2v) is 6.09. The number of carboxylic acid groups (broad SMARTS) is 1. The van der Waals surface area contributed by atoms with Crippen molar-refractivity contribution in [2.75, 3.05) is 13.1 Å². The number of hydrogen-bond acceptors (Lipinski definition) is 2. The highest BCUT2D eigenvalue weighted by Crippen LogP contribution is 2.28. The fraction of sp³-hybridized carbons (Fsp3) is 0.462. The molecular weight excluding hydrogens is 318 g/mol. The molecule has 1 aromatic rings. The van der Waals surface area contributed by atoms with Crippen molar-refractivity contribution in [1.29, 1.82) is 0 Å². The van der Waals surface area contributed by atoms with Gasteiger partial charge in [0.2, 0.25) is 0 Å². The standard InChI is InChI=1S/C13H15BrClNO2/c1-8(13(17)18)10-6-16(7-10)5-9-2-3-11(14)12(15)4-9/h2-4,8,10H,5-7H2,1H3,(H,17,18). The third kappa shape index (κ3) is 3.05. The van der Waals surface area contributed by atoms with Gasteiger partial charge >= 0.3 is 5.97 Å². The van der Waals surface area contributed by atoms with Crippen molar-refractivity contribution in [3.05, 3.63) is 33.3 Å². The third-order valence-electron chi connectivity index (χ3n) is 3.47. The number of benzene rings is 1. The van der Waals surface area contributed by atoms with Crippen molar-refractivity contribution in [3.8, 4) is 0 Å². The average Bonchev–Trinajstić information content (AvgIpc) is 2.26. The van der Waals surface area contributed by atoms with E-state index in [4.69, 9.17) is 16.7 Å². The van der Waals surface area contributed by atoms with E-state index < -0.39 is 5.97 Å². The maximum atomic E-state index is 10.8. The number of carbonyl (C=O) groups is 1. The van der Waals surface area contributed by atoms with Crippen molar-refractivity contribution in [2.24, 2.45) is 11.8 Å². The summed E-state index contributed by atoms with van der Waals surface area (Å²) >= 11 is 9.40. The topological polar surface area (TPSA) is 40.5 Å². The lowest BCUT2D eigenvalue weighted by Gasteiger charge is -2.41. The van der Waals surface area contributed by atoms with Gasteiger partial charge in [-0.2, -0.15) is 0 Å². The van der Waals surface area contributed by atoms with Gasteiger partial charge in [0, 0.05) is 24.1 Å². The lowest BCUT2D eigenvalue weighted by molar-refractivity contribution is -0.145. The monoisotopic (exact) mass is 331 g/mol. The summed E-state index contributed by atoms with van der Waals surface area (Å²) in [7, 11) is 0. The van der Waals surface area contributed by atoms with Crippen LogP contribution < -0.4 is 0 Å². The Morgan fingerprint density at radius 2 is 2.28 bits per heavy atom. The van der Waals surface area contributed by atoms with Crippen LogP contribution in [0.3, 0.4) is 0 Å². The summed E-state index contributed by atoms with van der Waals surface area (Å²) in [6, 6.07) is 5.91. The van der Waals surface area contributed by atoms with E-state index in [1.54, 1.807) is 6.92 Å². The molecule has 0 amide bonds. The second-order valence-electron chi connectivity index (χ2n) is 4.83.